The number of aliphatic hydroxyl groups is 2. The third kappa shape index (κ3) is 6.39. The molecule has 2 atom stereocenters. The minimum Gasteiger partial charge on any atom is -0.394 e. The number of aryl methyl sites for hydroxylation is 1. The maximum Gasteiger partial charge on any atom is 0.264 e. The summed E-state index contributed by atoms with van der Waals surface area (Å²) >= 11 is 0. The number of nitrogens with one attached hydrogen (secondary N) is 1. The van der Waals surface area contributed by atoms with Crippen molar-refractivity contribution in [2.24, 2.45) is 0 Å². The molecule has 0 saturated heterocycles. The molecule has 2 aromatic rings. The van der Waals surface area contributed by atoms with Crippen molar-refractivity contribution in [1.29, 1.82) is 0 Å². The van der Waals surface area contributed by atoms with E-state index in [-0.39, 0.29) is 19.4 Å². The molecule has 0 aliphatic carbocycles. The molecule has 166 valence electrons. The molecule has 2 rings (SSSR count). The van der Waals surface area contributed by atoms with Gasteiger partial charge in [0.15, 0.2) is 9.84 Å². The van der Waals surface area contributed by atoms with Gasteiger partial charge >= 0.3 is 0 Å². The second kappa shape index (κ2) is 10.6. The van der Waals surface area contributed by atoms with Crippen LogP contribution in [0.15, 0.2) is 48.5 Å². The fourth-order valence-corrected chi connectivity index (χ4v) is 3.77. The van der Waals surface area contributed by atoms with Gasteiger partial charge in [0, 0.05) is 18.2 Å². The van der Waals surface area contributed by atoms with Crippen molar-refractivity contribution in [3.8, 4) is 23.0 Å². The molecule has 0 aromatic heterocycles. The number of carbonyl (C=O) groups excluding carboxylic acids is 1. The minimum atomic E-state index is -3.72. The van der Waals surface area contributed by atoms with E-state index in [0.29, 0.717) is 6.42 Å². The van der Waals surface area contributed by atoms with Gasteiger partial charge in [0.1, 0.15) is 4.75 Å². The summed E-state index contributed by atoms with van der Waals surface area (Å²) in [6, 6.07) is 15.2. The molecule has 0 spiro atoms. The van der Waals surface area contributed by atoms with Crippen molar-refractivity contribution in [3.63, 3.8) is 0 Å². The number of rotatable bonds is 8. The van der Waals surface area contributed by atoms with Gasteiger partial charge in [0.25, 0.3) is 5.91 Å². The highest BCUT2D eigenvalue weighted by molar-refractivity contribution is 7.92. The van der Waals surface area contributed by atoms with E-state index in [4.69, 9.17) is 10.3 Å². The number of aliphatic hydroxyl groups excluding tert-OH is 2. The average molecular weight is 446 g/mol. The molecule has 0 heterocycles. The molecule has 7 nitrogen and oxygen atoms in total. The number of carbonyl (C=O) groups is 1. The SMILES string of the molecule is CC(CCc1ccc(-c2ccc(C#CCC(O)CO)cc2)cc1)(C(=O)NO)S(C)(=O)=O. The summed E-state index contributed by atoms with van der Waals surface area (Å²) in [5, 5.41) is 27.0. The molecule has 1 amide bonds. The Morgan fingerprint density at radius 3 is 2.13 bits per heavy atom. The Morgan fingerprint density at radius 2 is 1.65 bits per heavy atom. The van der Waals surface area contributed by atoms with Crippen LogP contribution in [0, 0.1) is 11.8 Å². The van der Waals surface area contributed by atoms with Gasteiger partial charge in [-0.15, -0.1) is 0 Å². The number of hydrogen-bond donors (Lipinski definition) is 4. The normalized spacial score (nSPS) is 14.1. The van der Waals surface area contributed by atoms with E-state index in [1.807, 2.05) is 48.5 Å². The second-order valence-corrected chi connectivity index (χ2v) is 10.0. The van der Waals surface area contributed by atoms with Gasteiger partial charge in [0.05, 0.1) is 12.7 Å². The third-order valence-electron chi connectivity index (χ3n) is 5.24. The molecule has 0 saturated carbocycles. The standard InChI is InChI=1S/C23H27NO6S/c1-23(22(27)24-28,31(2,29)30)15-14-18-8-12-20(13-9-18)19-10-6-17(7-11-19)4-3-5-21(26)16-25/h6-13,21,25-26,28H,5,14-16H2,1-2H3,(H,24,27). The Kier molecular flexibility index (Phi) is 8.36. The van der Waals surface area contributed by atoms with Crippen LogP contribution in [0.4, 0.5) is 0 Å². The van der Waals surface area contributed by atoms with Crippen molar-refractivity contribution >= 4 is 15.7 Å². The van der Waals surface area contributed by atoms with Crippen molar-refractivity contribution in [1.82, 2.24) is 5.48 Å². The number of hydrogen-bond acceptors (Lipinski definition) is 6. The Bertz CT molecular complexity index is 1050. The molecule has 8 heteroatoms. The molecular formula is C23H27NO6S. The van der Waals surface area contributed by atoms with Crippen LogP contribution < -0.4 is 5.48 Å². The minimum absolute atomic E-state index is 0.0376. The van der Waals surface area contributed by atoms with Crippen molar-refractivity contribution in [2.75, 3.05) is 12.9 Å². The summed E-state index contributed by atoms with van der Waals surface area (Å²) in [7, 11) is -3.72. The average Bonchev–Trinajstić information content (AvgIpc) is 2.76. The summed E-state index contributed by atoms with van der Waals surface area (Å²) in [6.45, 7) is 0.989. The van der Waals surface area contributed by atoms with Crippen molar-refractivity contribution in [3.05, 3.63) is 59.7 Å². The molecule has 0 radical (unpaired) electrons. The van der Waals surface area contributed by atoms with E-state index in [1.165, 1.54) is 12.4 Å². The van der Waals surface area contributed by atoms with Crippen LogP contribution >= 0.6 is 0 Å². The van der Waals surface area contributed by atoms with Gasteiger partial charge in [-0.2, -0.15) is 0 Å². The predicted octanol–water partition coefficient (Wildman–Crippen LogP) is 1.69. The summed E-state index contributed by atoms with van der Waals surface area (Å²) < 4.78 is 22.4. The molecule has 2 unspecified atom stereocenters. The lowest BCUT2D eigenvalue weighted by atomic mass is 9.97. The van der Waals surface area contributed by atoms with Gasteiger partial charge in [0.2, 0.25) is 0 Å². The molecule has 0 aliphatic heterocycles. The van der Waals surface area contributed by atoms with E-state index in [9.17, 15) is 18.3 Å². The van der Waals surface area contributed by atoms with Gasteiger partial charge in [-0.05, 0) is 48.6 Å². The van der Waals surface area contributed by atoms with Crippen molar-refractivity contribution in [2.45, 2.75) is 37.0 Å². The molecule has 0 fully saturated rings. The Morgan fingerprint density at radius 1 is 1.10 bits per heavy atom. The van der Waals surface area contributed by atoms with Gasteiger partial charge in [-0.3, -0.25) is 10.0 Å². The molecule has 0 bridgehead atoms. The number of hydroxylamine groups is 1. The maximum atomic E-state index is 12.1. The van der Waals surface area contributed by atoms with Crippen LogP contribution in [0.1, 0.15) is 30.9 Å². The van der Waals surface area contributed by atoms with Gasteiger partial charge in [-0.1, -0.05) is 48.2 Å². The van der Waals surface area contributed by atoms with E-state index in [2.05, 4.69) is 11.8 Å². The smallest absolute Gasteiger partial charge is 0.264 e. The lowest BCUT2D eigenvalue weighted by molar-refractivity contribution is -0.131. The highest BCUT2D eigenvalue weighted by Gasteiger charge is 2.43. The zero-order valence-corrected chi connectivity index (χ0v) is 18.3. The van der Waals surface area contributed by atoms with Crippen LogP contribution in [0.25, 0.3) is 11.1 Å². The summed E-state index contributed by atoms with van der Waals surface area (Å²) in [5.74, 6) is 4.81. The second-order valence-electron chi connectivity index (χ2n) is 7.56. The first kappa shape index (κ1) is 24.6. The number of benzene rings is 2. The Labute approximate surface area is 182 Å². The molecular weight excluding hydrogens is 418 g/mol. The van der Waals surface area contributed by atoms with Crippen molar-refractivity contribution < 1.29 is 28.6 Å². The van der Waals surface area contributed by atoms with Crippen LogP contribution in [0.5, 0.6) is 0 Å². The van der Waals surface area contributed by atoms with Crippen LogP contribution in [0.2, 0.25) is 0 Å². The zero-order valence-electron chi connectivity index (χ0n) is 17.5. The quantitative estimate of drug-likeness (QED) is 0.279. The lowest BCUT2D eigenvalue weighted by Crippen LogP contribution is -2.49. The first-order valence-corrected chi connectivity index (χ1v) is 11.6. The highest BCUT2D eigenvalue weighted by atomic mass is 32.2. The summed E-state index contributed by atoms with van der Waals surface area (Å²) in [4.78, 5) is 11.9. The van der Waals surface area contributed by atoms with E-state index in [1.54, 1.807) is 0 Å². The van der Waals surface area contributed by atoms with Crippen LogP contribution in [-0.2, 0) is 21.1 Å². The number of sulfone groups is 1. The lowest BCUT2D eigenvalue weighted by Gasteiger charge is -2.25. The molecule has 2 aromatic carbocycles. The Balaban J connectivity index is 2.07. The number of amides is 1. The van der Waals surface area contributed by atoms with Gasteiger partial charge < -0.3 is 10.2 Å². The fourth-order valence-electron chi connectivity index (χ4n) is 2.91. The van der Waals surface area contributed by atoms with Crippen LogP contribution in [0.3, 0.4) is 0 Å². The summed E-state index contributed by atoms with van der Waals surface area (Å²) in [6.07, 6.45) is 0.742. The van der Waals surface area contributed by atoms with Gasteiger partial charge in [-0.25, -0.2) is 13.9 Å². The topological polar surface area (TPSA) is 124 Å². The predicted molar refractivity (Wildman–Crippen MR) is 118 cm³/mol. The fraction of sp³-hybridized carbons (Fsp3) is 0.348. The molecule has 31 heavy (non-hydrogen) atoms. The third-order valence-corrected chi connectivity index (χ3v) is 7.27. The summed E-state index contributed by atoms with van der Waals surface area (Å²) in [5.41, 5.74) is 5.07. The molecule has 0 aliphatic rings. The zero-order chi connectivity index (χ0) is 23.1. The molecule has 4 N–H and O–H groups in total. The maximum absolute atomic E-state index is 12.1. The first-order chi connectivity index (χ1) is 14.6. The Hall–Kier alpha value is -2.70. The highest BCUT2D eigenvalue weighted by Crippen LogP contribution is 2.25. The van der Waals surface area contributed by atoms with E-state index < -0.39 is 26.6 Å². The first-order valence-electron chi connectivity index (χ1n) is 9.72. The van der Waals surface area contributed by atoms with E-state index in [0.717, 1.165) is 28.5 Å². The monoisotopic (exact) mass is 445 g/mol. The largest absolute Gasteiger partial charge is 0.394 e. The van der Waals surface area contributed by atoms with Crippen LogP contribution in [-0.4, -0.2) is 53.5 Å². The van der Waals surface area contributed by atoms with E-state index >= 15 is 0 Å².